The first-order chi connectivity index (χ1) is 30.8. The summed E-state index contributed by atoms with van der Waals surface area (Å²) in [5.41, 5.74) is 0. The fourth-order valence-electron chi connectivity index (χ4n) is 7.67. The minimum atomic E-state index is -1.58. The maximum Gasteiger partial charge on any atom is 0.220 e. The molecule has 9 nitrogen and oxygen atoms in total. The van der Waals surface area contributed by atoms with Crippen molar-refractivity contribution in [3.05, 3.63) is 72.9 Å². The third-order valence-corrected chi connectivity index (χ3v) is 11.7. The first-order valence-corrected chi connectivity index (χ1v) is 25.7. The van der Waals surface area contributed by atoms with Crippen LogP contribution >= 0.6 is 0 Å². The van der Waals surface area contributed by atoms with Gasteiger partial charge in [-0.3, -0.25) is 4.79 Å². The van der Waals surface area contributed by atoms with Gasteiger partial charge < -0.3 is 40.3 Å². The van der Waals surface area contributed by atoms with Crippen LogP contribution in [0.5, 0.6) is 0 Å². The Hall–Kier alpha value is -2.37. The second-order valence-corrected chi connectivity index (χ2v) is 17.6. The highest BCUT2D eigenvalue weighted by Gasteiger charge is 2.44. The third kappa shape index (κ3) is 33.7. The Morgan fingerprint density at radius 1 is 0.556 bits per heavy atom. The summed E-state index contributed by atoms with van der Waals surface area (Å²) < 4.78 is 11.2. The first kappa shape index (κ1) is 58.6. The highest BCUT2D eigenvalue weighted by Crippen LogP contribution is 2.22. The predicted molar refractivity (Wildman–Crippen MR) is 262 cm³/mol. The van der Waals surface area contributed by atoms with Gasteiger partial charge in [-0.2, -0.15) is 0 Å². The maximum atomic E-state index is 12.9. The molecular weight excluding hydrogens is 791 g/mol. The number of allylic oxidation sites excluding steroid dienone is 11. The van der Waals surface area contributed by atoms with Crippen LogP contribution in [-0.4, -0.2) is 87.5 Å². The quantitative estimate of drug-likeness (QED) is 0.0262. The third-order valence-electron chi connectivity index (χ3n) is 11.7. The molecule has 364 valence electrons. The number of aliphatic hydroxyl groups is 5. The second kappa shape index (κ2) is 43.5. The summed E-state index contributed by atoms with van der Waals surface area (Å²) in [4.78, 5) is 12.9. The lowest BCUT2D eigenvalue weighted by molar-refractivity contribution is -0.302. The summed E-state index contributed by atoms with van der Waals surface area (Å²) in [5, 5.41) is 54.2. The van der Waals surface area contributed by atoms with Crippen LogP contribution in [0.15, 0.2) is 72.9 Å². The molecule has 0 aliphatic carbocycles. The van der Waals surface area contributed by atoms with E-state index in [4.69, 9.17) is 9.47 Å². The van der Waals surface area contributed by atoms with Crippen molar-refractivity contribution >= 4 is 5.91 Å². The number of carbonyl (C=O) groups is 1. The molecule has 63 heavy (non-hydrogen) atoms. The molecule has 1 aliphatic heterocycles. The Morgan fingerprint density at radius 2 is 1.00 bits per heavy atom. The molecule has 7 unspecified atom stereocenters. The number of hydrogen-bond acceptors (Lipinski definition) is 8. The van der Waals surface area contributed by atoms with Crippen molar-refractivity contribution < 1.29 is 39.8 Å². The number of nitrogens with one attached hydrogen (secondary N) is 1. The summed E-state index contributed by atoms with van der Waals surface area (Å²) in [6.45, 7) is 3.61. The van der Waals surface area contributed by atoms with Gasteiger partial charge in [-0.25, -0.2) is 0 Å². The summed E-state index contributed by atoms with van der Waals surface area (Å²) in [5.74, 6) is -0.222. The standard InChI is InChI=1S/C54H95NO8/c1-3-5-7-9-11-13-15-17-18-19-20-21-22-23-24-25-26-27-28-29-30-32-33-35-37-39-41-43-48(57)47(46-62-54-53(61)52(60)51(59)49(45-56)63-54)55-50(58)44-42-40-38-36-34-31-16-14-12-10-8-6-4-2/h6,8,12,14,28-29,31,33-35,41,43,47-49,51-54,56-57,59-61H,3-5,7,9-11,13,15-27,30,32,36-40,42,44-46H2,1-2H3,(H,55,58)/b8-6-,14-12-,29-28+,34-31-,35-33+,43-41+. The van der Waals surface area contributed by atoms with Gasteiger partial charge in [-0.1, -0.05) is 196 Å². The van der Waals surface area contributed by atoms with E-state index in [0.29, 0.717) is 12.8 Å². The molecule has 7 atom stereocenters. The van der Waals surface area contributed by atoms with E-state index >= 15 is 0 Å². The lowest BCUT2D eigenvalue weighted by atomic mass is 9.99. The zero-order valence-corrected chi connectivity index (χ0v) is 40.1. The van der Waals surface area contributed by atoms with E-state index < -0.39 is 49.5 Å². The Morgan fingerprint density at radius 3 is 1.52 bits per heavy atom. The van der Waals surface area contributed by atoms with Gasteiger partial charge in [0, 0.05) is 6.42 Å². The zero-order valence-electron chi connectivity index (χ0n) is 40.1. The van der Waals surface area contributed by atoms with Gasteiger partial charge in [0.15, 0.2) is 6.29 Å². The monoisotopic (exact) mass is 886 g/mol. The number of ether oxygens (including phenoxy) is 2. The molecule has 1 amide bonds. The molecule has 1 rings (SSSR count). The smallest absolute Gasteiger partial charge is 0.220 e. The number of rotatable bonds is 42. The van der Waals surface area contributed by atoms with Gasteiger partial charge >= 0.3 is 0 Å². The Labute approximate surface area is 385 Å². The van der Waals surface area contributed by atoms with Gasteiger partial charge in [-0.15, -0.1) is 0 Å². The average Bonchev–Trinajstić information content (AvgIpc) is 3.28. The maximum absolute atomic E-state index is 12.9. The molecule has 0 spiro atoms. The normalized spacial score (nSPS) is 20.8. The van der Waals surface area contributed by atoms with Gasteiger partial charge in [0.05, 0.1) is 25.4 Å². The van der Waals surface area contributed by atoms with E-state index in [1.165, 1.54) is 116 Å². The van der Waals surface area contributed by atoms with E-state index in [-0.39, 0.29) is 12.5 Å². The lowest BCUT2D eigenvalue weighted by Gasteiger charge is -2.40. The summed E-state index contributed by atoms with van der Waals surface area (Å²) in [7, 11) is 0. The van der Waals surface area contributed by atoms with Gasteiger partial charge in [-0.05, 0) is 77.0 Å². The highest BCUT2D eigenvalue weighted by atomic mass is 16.7. The molecule has 0 aromatic rings. The van der Waals surface area contributed by atoms with E-state index in [9.17, 15) is 30.3 Å². The fraction of sp³-hybridized carbons (Fsp3) is 0.759. The van der Waals surface area contributed by atoms with Crippen molar-refractivity contribution in [2.24, 2.45) is 0 Å². The Bertz CT molecular complexity index is 1210. The van der Waals surface area contributed by atoms with Crippen molar-refractivity contribution in [1.82, 2.24) is 5.32 Å². The minimum absolute atomic E-state index is 0.221. The highest BCUT2D eigenvalue weighted by molar-refractivity contribution is 5.76. The van der Waals surface area contributed by atoms with E-state index in [2.05, 4.69) is 79.9 Å². The van der Waals surface area contributed by atoms with Crippen LogP contribution in [-0.2, 0) is 14.3 Å². The van der Waals surface area contributed by atoms with E-state index in [0.717, 1.165) is 64.2 Å². The van der Waals surface area contributed by atoms with Gasteiger partial charge in [0.2, 0.25) is 5.91 Å². The number of unbranched alkanes of at least 4 members (excludes halogenated alkanes) is 22. The molecule has 1 saturated heterocycles. The predicted octanol–water partition coefficient (Wildman–Crippen LogP) is 11.7. The summed E-state index contributed by atoms with van der Waals surface area (Å²) in [6, 6.07) is -0.846. The fourth-order valence-corrected chi connectivity index (χ4v) is 7.67. The van der Waals surface area contributed by atoms with E-state index in [1.54, 1.807) is 6.08 Å². The molecule has 0 bridgehead atoms. The van der Waals surface area contributed by atoms with Crippen molar-refractivity contribution in [2.75, 3.05) is 13.2 Å². The Kier molecular flexibility index (Phi) is 40.5. The van der Waals surface area contributed by atoms with Crippen LogP contribution in [0.1, 0.15) is 206 Å². The Balaban J connectivity index is 2.30. The van der Waals surface area contributed by atoms with Crippen LogP contribution < -0.4 is 5.32 Å². The van der Waals surface area contributed by atoms with Crippen molar-refractivity contribution in [3.63, 3.8) is 0 Å². The van der Waals surface area contributed by atoms with Crippen molar-refractivity contribution in [1.29, 1.82) is 0 Å². The second-order valence-electron chi connectivity index (χ2n) is 17.6. The van der Waals surface area contributed by atoms with Crippen LogP contribution in [0, 0.1) is 0 Å². The molecule has 0 aromatic carbocycles. The number of hydrogen-bond donors (Lipinski definition) is 6. The summed E-state index contributed by atoms with van der Waals surface area (Å²) >= 11 is 0. The molecule has 0 aromatic heterocycles. The SMILES string of the molecule is CC/C=C\C/C=C\C/C=C\CCCCCC(=O)NC(COC1OC(CO)C(O)C(O)C1O)C(O)/C=C/CC/C=C/CC/C=C/CCCCCCCCCCCCCCCCCCC. The molecule has 9 heteroatoms. The molecule has 1 heterocycles. The van der Waals surface area contributed by atoms with Crippen LogP contribution in [0.2, 0.25) is 0 Å². The zero-order chi connectivity index (χ0) is 45.9. The molecule has 1 fully saturated rings. The van der Waals surface area contributed by atoms with Gasteiger partial charge in [0.25, 0.3) is 0 Å². The minimum Gasteiger partial charge on any atom is -0.394 e. The number of aliphatic hydroxyl groups excluding tert-OH is 5. The molecule has 0 radical (unpaired) electrons. The largest absolute Gasteiger partial charge is 0.394 e. The first-order valence-electron chi connectivity index (χ1n) is 25.7. The van der Waals surface area contributed by atoms with Crippen LogP contribution in [0.3, 0.4) is 0 Å². The van der Waals surface area contributed by atoms with Crippen molar-refractivity contribution in [2.45, 2.75) is 249 Å². The molecule has 6 N–H and O–H groups in total. The van der Waals surface area contributed by atoms with Gasteiger partial charge in [0.1, 0.15) is 24.4 Å². The van der Waals surface area contributed by atoms with Crippen LogP contribution in [0.4, 0.5) is 0 Å². The number of amides is 1. The van der Waals surface area contributed by atoms with E-state index in [1.807, 2.05) is 6.08 Å². The topological polar surface area (TPSA) is 149 Å². The molecular formula is C54H95NO8. The van der Waals surface area contributed by atoms with Crippen LogP contribution in [0.25, 0.3) is 0 Å². The average molecular weight is 886 g/mol. The van der Waals surface area contributed by atoms with Crippen molar-refractivity contribution in [3.8, 4) is 0 Å². The molecule has 0 saturated carbocycles. The number of carbonyl (C=O) groups excluding carboxylic acids is 1. The molecule has 1 aliphatic rings. The summed E-state index contributed by atoms with van der Waals surface area (Å²) in [6.07, 6.45) is 52.6. The lowest BCUT2D eigenvalue weighted by Crippen LogP contribution is -2.60.